The summed E-state index contributed by atoms with van der Waals surface area (Å²) in [6.45, 7) is 1.58. The van der Waals surface area contributed by atoms with Crippen LogP contribution in [0.25, 0.3) is 5.65 Å². The molecular formula is C18H12Cl2F3N5O. The highest BCUT2D eigenvalue weighted by Gasteiger charge is 2.53. The average molecular weight is 442 g/mol. The Morgan fingerprint density at radius 1 is 1.34 bits per heavy atom. The van der Waals surface area contributed by atoms with E-state index in [1.54, 1.807) is 13.0 Å². The molecule has 1 unspecified atom stereocenters. The second-order valence-electron chi connectivity index (χ2n) is 7.14. The van der Waals surface area contributed by atoms with E-state index in [1.165, 1.54) is 16.5 Å². The Kier molecular flexibility index (Phi) is 4.40. The maximum atomic E-state index is 12.8. The monoisotopic (exact) mass is 441 g/mol. The van der Waals surface area contributed by atoms with Crippen molar-refractivity contribution in [2.75, 3.05) is 0 Å². The van der Waals surface area contributed by atoms with Crippen LogP contribution in [-0.2, 0) is 12.7 Å². The van der Waals surface area contributed by atoms with Gasteiger partial charge >= 0.3 is 6.18 Å². The van der Waals surface area contributed by atoms with Crippen LogP contribution >= 0.6 is 23.2 Å². The van der Waals surface area contributed by atoms with E-state index in [2.05, 4.69) is 16.2 Å². The van der Waals surface area contributed by atoms with E-state index in [0.29, 0.717) is 23.2 Å². The third-order valence-corrected chi connectivity index (χ3v) is 5.64. The molecule has 1 aliphatic rings. The van der Waals surface area contributed by atoms with Crippen molar-refractivity contribution in [3.63, 3.8) is 0 Å². The molecule has 6 nitrogen and oxygen atoms in total. The lowest BCUT2D eigenvalue weighted by atomic mass is 10.1. The SMILES string of the molecule is CC1(C#N)C[C@H]1c1c(Cl)ccc2nc(Cn3nc(C(F)(F)F)cc3Cl)cc(=O)n12. The van der Waals surface area contributed by atoms with Crippen LogP contribution in [-0.4, -0.2) is 19.2 Å². The number of rotatable bonds is 3. The van der Waals surface area contributed by atoms with Gasteiger partial charge in [0.2, 0.25) is 0 Å². The quantitative estimate of drug-likeness (QED) is 0.607. The summed E-state index contributed by atoms with van der Waals surface area (Å²) in [5.41, 5.74) is -1.20. The van der Waals surface area contributed by atoms with Crippen LogP contribution in [0.2, 0.25) is 10.2 Å². The summed E-state index contributed by atoms with van der Waals surface area (Å²) in [7, 11) is 0. The number of hydrogen-bond acceptors (Lipinski definition) is 4. The smallest absolute Gasteiger partial charge is 0.269 e. The Hall–Kier alpha value is -2.57. The number of fused-ring (bicyclic) bond motifs is 1. The third kappa shape index (κ3) is 3.36. The van der Waals surface area contributed by atoms with Gasteiger partial charge in [0.1, 0.15) is 10.8 Å². The third-order valence-electron chi connectivity index (χ3n) is 5.02. The van der Waals surface area contributed by atoms with Crippen molar-refractivity contribution < 1.29 is 13.2 Å². The molecule has 1 aliphatic carbocycles. The molecule has 11 heteroatoms. The molecule has 0 saturated heterocycles. The average Bonchev–Trinajstić information content (AvgIpc) is 3.17. The van der Waals surface area contributed by atoms with Gasteiger partial charge in [0.25, 0.3) is 5.56 Å². The summed E-state index contributed by atoms with van der Waals surface area (Å²) in [5.74, 6) is -0.205. The molecule has 1 fully saturated rings. The molecule has 0 radical (unpaired) electrons. The first kappa shape index (κ1) is 19.7. The molecule has 0 aliphatic heterocycles. The van der Waals surface area contributed by atoms with Crippen LogP contribution in [0, 0.1) is 16.7 Å². The van der Waals surface area contributed by atoms with Crippen molar-refractivity contribution in [2.45, 2.75) is 32.0 Å². The van der Waals surface area contributed by atoms with Gasteiger partial charge in [-0.05, 0) is 25.5 Å². The van der Waals surface area contributed by atoms with Crippen molar-refractivity contribution in [3.05, 3.63) is 61.9 Å². The molecule has 3 aromatic rings. The van der Waals surface area contributed by atoms with Crippen molar-refractivity contribution in [1.82, 2.24) is 19.2 Å². The van der Waals surface area contributed by atoms with E-state index in [1.807, 2.05) is 0 Å². The number of halogens is 5. The lowest BCUT2D eigenvalue weighted by molar-refractivity contribution is -0.141. The number of alkyl halides is 3. The molecule has 150 valence electrons. The number of nitriles is 1. The van der Waals surface area contributed by atoms with E-state index in [9.17, 15) is 23.2 Å². The molecule has 0 aromatic carbocycles. The van der Waals surface area contributed by atoms with Gasteiger partial charge < -0.3 is 0 Å². The number of aromatic nitrogens is 4. The molecule has 4 rings (SSSR count). The number of pyridine rings is 1. The Labute approximate surface area is 172 Å². The van der Waals surface area contributed by atoms with Crippen molar-refractivity contribution in [1.29, 1.82) is 5.26 Å². The van der Waals surface area contributed by atoms with Gasteiger partial charge in [-0.25, -0.2) is 9.67 Å². The highest BCUT2D eigenvalue weighted by atomic mass is 35.5. The van der Waals surface area contributed by atoms with E-state index in [4.69, 9.17) is 23.2 Å². The van der Waals surface area contributed by atoms with Gasteiger partial charge in [-0.1, -0.05) is 23.2 Å². The molecular weight excluding hydrogens is 430 g/mol. The van der Waals surface area contributed by atoms with Gasteiger partial charge in [-0.15, -0.1) is 0 Å². The standard InChI is InChI=1S/C18H12Cl2F3N5O/c1-17(8-24)6-10(17)16-11(19)2-3-14-25-9(4-15(29)28(14)16)7-27-13(20)5-12(26-27)18(21,22)23/h2-5,10H,6-7H2,1H3/t10-,17?/m0/s1. The summed E-state index contributed by atoms with van der Waals surface area (Å²) < 4.78 is 40.7. The summed E-state index contributed by atoms with van der Waals surface area (Å²) in [6.07, 6.45) is -4.06. The highest BCUT2D eigenvalue weighted by molar-refractivity contribution is 6.31. The molecule has 3 aromatic heterocycles. The zero-order chi connectivity index (χ0) is 21.1. The van der Waals surface area contributed by atoms with Gasteiger partial charge in [0, 0.05) is 18.1 Å². The van der Waals surface area contributed by atoms with Crippen LogP contribution in [0.3, 0.4) is 0 Å². The van der Waals surface area contributed by atoms with Gasteiger partial charge in [0.05, 0.1) is 34.4 Å². The Bertz CT molecular complexity index is 1240. The minimum absolute atomic E-state index is 0.195. The molecule has 2 atom stereocenters. The number of nitrogens with zero attached hydrogens (tertiary/aromatic N) is 5. The molecule has 1 saturated carbocycles. The summed E-state index contributed by atoms with van der Waals surface area (Å²) in [6, 6.07) is 7.26. The van der Waals surface area contributed by atoms with Crippen molar-refractivity contribution in [3.8, 4) is 6.07 Å². The van der Waals surface area contributed by atoms with E-state index in [0.717, 1.165) is 4.68 Å². The van der Waals surface area contributed by atoms with Crippen LogP contribution < -0.4 is 5.56 Å². The van der Waals surface area contributed by atoms with Gasteiger partial charge in [-0.3, -0.25) is 9.20 Å². The normalized spacial score (nSPS) is 21.3. The summed E-state index contributed by atoms with van der Waals surface area (Å²) >= 11 is 12.1. The summed E-state index contributed by atoms with van der Waals surface area (Å²) in [4.78, 5) is 17.1. The second kappa shape index (κ2) is 6.47. The second-order valence-corrected chi connectivity index (χ2v) is 7.93. The first-order valence-corrected chi connectivity index (χ1v) is 9.22. The molecule has 3 heterocycles. The lowest BCUT2D eigenvalue weighted by Crippen LogP contribution is -2.21. The van der Waals surface area contributed by atoms with Crippen LogP contribution in [0.15, 0.2) is 29.1 Å². The predicted molar refractivity (Wildman–Crippen MR) is 98.9 cm³/mol. The van der Waals surface area contributed by atoms with Gasteiger partial charge in [-0.2, -0.15) is 23.5 Å². The minimum atomic E-state index is -4.63. The number of hydrogen-bond donors (Lipinski definition) is 0. The fraction of sp³-hybridized carbons (Fsp3) is 0.333. The molecule has 0 bridgehead atoms. The van der Waals surface area contributed by atoms with E-state index in [-0.39, 0.29) is 29.0 Å². The summed E-state index contributed by atoms with van der Waals surface area (Å²) in [5, 5.41) is 12.9. The Balaban J connectivity index is 1.77. The first-order valence-electron chi connectivity index (χ1n) is 8.46. The largest absolute Gasteiger partial charge is 0.435 e. The lowest BCUT2D eigenvalue weighted by Gasteiger charge is -2.12. The molecule has 0 N–H and O–H groups in total. The van der Waals surface area contributed by atoms with Gasteiger partial charge in [0.15, 0.2) is 5.69 Å². The maximum absolute atomic E-state index is 12.8. The zero-order valence-corrected chi connectivity index (χ0v) is 16.3. The zero-order valence-electron chi connectivity index (χ0n) is 14.8. The van der Waals surface area contributed by atoms with E-state index < -0.39 is 22.8 Å². The Morgan fingerprint density at radius 3 is 2.66 bits per heavy atom. The molecule has 0 amide bonds. The van der Waals surface area contributed by atoms with Crippen molar-refractivity contribution >= 4 is 28.8 Å². The highest BCUT2D eigenvalue weighted by Crippen LogP contribution is 2.59. The van der Waals surface area contributed by atoms with Crippen LogP contribution in [0.5, 0.6) is 0 Å². The fourth-order valence-electron chi connectivity index (χ4n) is 3.33. The molecule has 0 spiro atoms. The van der Waals surface area contributed by atoms with E-state index >= 15 is 0 Å². The van der Waals surface area contributed by atoms with Crippen LogP contribution in [0.1, 0.15) is 36.3 Å². The minimum Gasteiger partial charge on any atom is -0.269 e. The van der Waals surface area contributed by atoms with Crippen molar-refractivity contribution in [2.24, 2.45) is 5.41 Å². The fourth-order valence-corrected chi connectivity index (χ4v) is 3.81. The first-order chi connectivity index (χ1) is 13.5. The Morgan fingerprint density at radius 2 is 2.07 bits per heavy atom. The topological polar surface area (TPSA) is 76.0 Å². The molecule has 29 heavy (non-hydrogen) atoms. The van der Waals surface area contributed by atoms with Crippen LogP contribution in [0.4, 0.5) is 13.2 Å². The maximum Gasteiger partial charge on any atom is 0.435 e. The predicted octanol–water partition coefficient (Wildman–Crippen LogP) is 4.28.